The number of nitrogens with two attached hydrogens (primary N) is 1. The molecule has 0 aromatic heterocycles. The molecule has 1 saturated carbocycles. The minimum absolute atomic E-state index is 0.440. The van der Waals surface area contributed by atoms with Gasteiger partial charge in [-0.15, -0.1) is 0 Å². The first-order chi connectivity index (χ1) is 9.74. The summed E-state index contributed by atoms with van der Waals surface area (Å²) in [6.45, 7) is 0.440. The van der Waals surface area contributed by atoms with Crippen molar-refractivity contribution in [2.45, 2.75) is 25.4 Å². The van der Waals surface area contributed by atoms with Crippen molar-refractivity contribution in [1.29, 1.82) is 0 Å². The lowest BCUT2D eigenvalue weighted by atomic mass is 10.1. The number of ether oxygens (including phenoxy) is 1. The topological polar surface area (TPSA) is 52.3 Å². The monoisotopic (exact) mass is 267 g/mol. The normalized spacial score (nSPS) is 14.0. The van der Waals surface area contributed by atoms with Crippen LogP contribution in [0.15, 0.2) is 48.5 Å². The molecule has 1 aliphatic carbocycles. The zero-order chi connectivity index (χ0) is 13.9. The molecule has 0 aliphatic heterocycles. The molecule has 0 saturated heterocycles. The Kier molecular flexibility index (Phi) is 3.42. The molecule has 0 heterocycles. The number of rotatable bonds is 5. The molecule has 2 aromatic carbocycles. The van der Waals surface area contributed by atoms with Crippen LogP contribution in [0.25, 0.3) is 0 Å². The molecule has 0 bridgehead atoms. The molecule has 0 unspecified atom stereocenters. The second kappa shape index (κ2) is 5.37. The third kappa shape index (κ3) is 2.82. The van der Waals surface area contributed by atoms with Crippen LogP contribution < -0.4 is 10.5 Å². The predicted molar refractivity (Wildman–Crippen MR) is 77.7 cm³/mol. The smallest absolute Gasteiger partial charge is 0.252 e. The molecule has 3 heteroatoms. The van der Waals surface area contributed by atoms with Gasteiger partial charge in [0.25, 0.3) is 5.91 Å². The highest BCUT2D eigenvalue weighted by Crippen LogP contribution is 2.41. The number of carbonyl (C=O) groups excluding carboxylic acids is 1. The fraction of sp³-hybridized carbons (Fsp3) is 0.235. The van der Waals surface area contributed by atoms with Gasteiger partial charge >= 0.3 is 0 Å². The molecule has 0 atom stereocenters. The van der Waals surface area contributed by atoms with Gasteiger partial charge in [0, 0.05) is 0 Å². The Morgan fingerprint density at radius 2 is 1.90 bits per heavy atom. The van der Waals surface area contributed by atoms with Crippen LogP contribution in [0.3, 0.4) is 0 Å². The summed E-state index contributed by atoms with van der Waals surface area (Å²) in [5.41, 5.74) is 8.16. The zero-order valence-corrected chi connectivity index (χ0v) is 11.2. The van der Waals surface area contributed by atoms with E-state index >= 15 is 0 Å². The van der Waals surface area contributed by atoms with Crippen LogP contribution in [0.4, 0.5) is 0 Å². The van der Waals surface area contributed by atoms with Gasteiger partial charge in [0.15, 0.2) is 0 Å². The molecule has 2 N–H and O–H groups in total. The van der Waals surface area contributed by atoms with Crippen LogP contribution in [0, 0.1) is 0 Å². The van der Waals surface area contributed by atoms with E-state index in [4.69, 9.17) is 10.5 Å². The average molecular weight is 267 g/mol. The van der Waals surface area contributed by atoms with Crippen LogP contribution in [0.2, 0.25) is 0 Å². The SMILES string of the molecule is NC(=O)c1ccc(C2CC2)cc1OCc1ccccc1. The second-order valence-corrected chi connectivity index (χ2v) is 5.17. The molecule has 102 valence electrons. The van der Waals surface area contributed by atoms with E-state index in [-0.39, 0.29) is 0 Å². The van der Waals surface area contributed by atoms with Crippen molar-refractivity contribution >= 4 is 5.91 Å². The van der Waals surface area contributed by atoms with E-state index in [2.05, 4.69) is 0 Å². The van der Waals surface area contributed by atoms with E-state index in [0.717, 1.165) is 5.56 Å². The molecule has 1 aliphatic rings. The molecule has 0 spiro atoms. The largest absolute Gasteiger partial charge is 0.488 e. The third-order valence-electron chi connectivity index (χ3n) is 3.56. The van der Waals surface area contributed by atoms with Crippen LogP contribution in [-0.4, -0.2) is 5.91 Å². The van der Waals surface area contributed by atoms with Gasteiger partial charge in [-0.05, 0) is 42.0 Å². The Hall–Kier alpha value is -2.29. The number of carbonyl (C=O) groups is 1. The van der Waals surface area contributed by atoms with Gasteiger partial charge in [-0.25, -0.2) is 0 Å². The zero-order valence-electron chi connectivity index (χ0n) is 11.2. The molecule has 1 amide bonds. The lowest BCUT2D eigenvalue weighted by Gasteiger charge is -2.11. The van der Waals surface area contributed by atoms with Crippen molar-refractivity contribution in [3.05, 3.63) is 65.2 Å². The van der Waals surface area contributed by atoms with E-state index in [9.17, 15) is 4.79 Å². The van der Waals surface area contributed by atoms with E-state index in [1.807, 2.05) is 42.5 Å². The molecule has 1 fully saturated rings. The predicted octanol–water partition coefficient (Wildman–Crippen LogP) is 3.24. The third-order valence-corrected chi connectivity index (χ3v) is 3.56. The maximum atomic E-state index is 11.5. The molecule has 3 nitrogen and oxygen atoms in total. The Labute approximate surface area is 118 Å². The summed E-state index contributed by atoms with van der Waals surface area (Å²) >= 11 is 0. The number of hydrogen-bond donors (Lipinski definition) is 1. The molecular weight excluding hydrogens is 250 g/mol. The lowest BCUT2D eigenvalue weighted by molar-refractivity contribution is 0.0996. The van der Waals surface area contributed by atoms with Crippen LogP contribution in [0.1, 0.15) is 40.2 Å². The molecular formula is C17H17NO2. The summed E-state index contributed by atoms with van der Waals surface area (Å²) in [6.07, 6.45) is 2.43. The minimum atomic E-state index is -0.449. The van der Waals surface area contributed by atoms with E-state index < -0.39 is 5.91 Å². The molecule has 3 rings (SSSR count). The van der Waals surface area contributed by atoms with Crippen LogP contribution in [0.5, 0.6) is 5.75 Å². The van der Waals surface area contributed by atoms with Crippen LogP contribution >= 0.6 is 0 Å². The quantitative estimate of drug-likeness (QED) is 0.904. The summed E-state index contributed by atoms with van der Waals surface area (Å²) in [7, 11) is 0. The number of primary amides is 1. The number of benzene rings is 2. The van der Waals surface area contributed by atoms with Crippen molar-refractivity contribution in [3.63, 3.8) is 0 Å². The first-order valence-corrected chi connectivity index (χ1v) is 6.84. The summed E-state index contributed by atoms with van der Waals surface area (Å²) in [5.74, 6) is 0.761. The first-order valence-electron chi connectivity index (χ1n) is 6.84. The van der Waals surface area contributed by atoms with E-state index in [1.54, 1.807) is 6.07 Å². The molecule has 0 radical (unpaired) electrons. The first kappa shape index (κ1) is 12.7. The highest BCUT2D eigenvalue weighted by Gasteiger charge is 2.25. The number of hydrogen-bond acceptors (Lipinski definition) is 2. The van der Waals surface area contributed by atoms with Gasteiger partial charge in [0.05, 0.1) is 5.56 Å². The van der Waals surface area contributed by atoms with Crippen molar-refractivity contribution in [3.8, 4) is 5.75 Å². The fourth-order valence-corrected chi connectivity index (χ4v) is 2.27. The van der Waals surface area contributed by atoms with E-state index in [1.165, 1.54) is 18.4 Å². The highest BCUT2D eigenvalue weighted by molar-refractivity contribution is 5.95. The second-order valence-electron chi connectivity index (χ2n) is 5.17. The Bertz CT molecular complexity index is 618. The van der Waals surface area contributed by atoms with Crippen molar-refractivity contribution in [1.82, 2.24) is 0 Å². The number of amides is 1. The maximum absolute atomic E-state index is 11.5. The Morgan fingerprint density at radius 1 is 1.15 bits per heavy atom. The maximum Gasteiger partial charge on any atom is 0.252 e. The molecule has 20 heavy (non-hydrogen) atoms. The van der Waals surface area contributed by atoms with Gasteiger partial charge in [-0.2, -0.15) is 0 Å². The van der Waals surface area contributed by atoms with Gasteiger partial charge in [0.1, 0.15) is 12.4 Å². The van der Waals surface area contributed by atoms with Crippen molar-refractivity contribution in [2.75, 3.05) is 0 Å². The summed E-state index contributed by atoms with van der Waals surface area (Å²) < 4.78 is 5.80. The minimum Gasteiger partial charge on any atom is -0.488 e. The van der Waals surface area contributed by atoms with Gasteiger partial charge in [0.2, 0.25) is 0 Å². The van der Waals surface area contributed by atoms with Crippen molar-refractivity contribution < 1.29 is 9.53 Å². The summed E-state index contributed by atoms with van der Waals surface area (Å²) in [4.78, 5) is 11.5. The van der Waals surface area contributed by atoms with Gasteiger partial charge in [-0.3, -0.25) is 4.79 Å². The standard InChI is InChI=1S/C17H17NO2/c18-17(19)15-9-8-14(13-6-7-13)10-16(15)20-11-12-4-2-1-3-5-12/h1-5,8-10,13H,6-7,11H2,(H2,18,19). The van der Waals surface area contributed by atoms with Gasteiger partial charge in [-0.1, -0.05) is 36.4 Å². The highest BCUT2D eigenvalue weighted by atomic mass is 16.5. The summed E-state index contributed by atoms with van der Waals surface area (Å²) in [6, 6.07) is 15.6. The van der Waals surface area contributed by atoms with Crippen molar-refractivity contribution in [2.24, 2.45) is 5.73 Å². The fourth-order valence-electron chi connectivity index (χ4n) is 2.27. The Morgan fingerprint density at radius 3 is 2.55 bits per heavy atom. The molecule has 2 aromatic rings. The average Bonchev–Trinajstić information content (AvgIpc) is 3.30. The Balaban J connectivity index is 1.82. The summed E-state index contributed by atoms with van der Waals surface area (Å²) in [5, 5.41) is 0. The van der Waals surface area contributed by atoms with Gasteiger partial charge < -0.3 is 10.5 Å². The van der Waals surface area contributed by atoms with Crippen LogP contribution in [-0.2, 0) is 6.61 Å². The van der Waals surface area contributed by atoms with E-state index in [0.29, 0.717) is 23.8 Å². The lowest BCUT2D eigenvalue weighted by Crippen LogP contribution is -2.13.